The van der Waals surface area contributed by atoms with Crippen LogP contribution in [-0.2, 0) is 4.79 Å². The van der Waals surface area contributed by atoms with E-state index in [4.69, 9.17) is 11.6 Å². The molecular weight excluding hydrogens is 280 g/mol. The molecule has 0 spiro atoms. The minimum absolute atomic E-state index is 0.228. The highest BCUT2D eigenvalue weighted by atomic mass is 35.5. The van der Waals surface area contributed by atoms with E-state index in [-0.39, 0.29) is 5.56 Å². The van der Waals surface area contributed by atoms with Gasteiger partial charge >= 0.3 is 5.97 Å². The standard InChI is InChI=1S/C14H19ClN2O3/c1-8-6-10(15)9(7-16-8)11(18)17-14(4,5)13(2,3)12(19)20/h6-7H,1-5H3,(H,17,18)(H,19,20). The summed E-state index contributed by atoms with van der Waals surface area (Å²) in [7, 11) is 0. The Morgan fingerprint density at radius 3 is 2.30 bits per heavy atom. The van der Waals surface area contributed by atoms with E-state index in [1.165, 1.54) is 6.20 Å². The van der Waals surface area contributed by atoms with Crippen LogP contribution in [0.1, 0.15) is 43.7 Å². The molecule has 5 nitrogen and oxygen atoms in total. The van der Waals surface area contributed by atoms with Crippen molar-refractivity contribution in [1.29, 1.82) is 0 Å². The van der Waals surface area contributed by atoms with Crippen molar-refractivity contribution in [2.45, 2.75) is 40.2 Å². The van der Waals surface area contributed by atoms with Crippen molar-refractivity contribution in [3.05, 3.63) is 28.5 Å². The van der Waals surface area contributed by atoms with Crippen LogP contribution in [0, 0.1) is 12.3 Å². The maximum Gasteiger partial charge on any atom is 0.311 e. The number of carboxylic acid groups (broad SMARTS) is 1. The van der Waals surface area contributed by atoms with E-state index in [2.05, 4.69) is 10.3 Å². The van der Waals surface area contributed by atoms with Crippen molar-refractivity contribution in [3.63, 3.8) is 0 Å². The van der Waals surface area contributed by atoms with E-state index >= 15 is 0 Å². The average Bonchev–Trinajstić information content (AvgIpc) is 2.27. The molecule has 0 saturated carbocycles. The summed E-state index contributed by atoms with van der Waals surface area (Å²) in [5, 5.41) is 12.3. The molecule has 6 heteroatoms. The van der Waals surface area contributed by atoms with Crippen LogP contribution in [0.5, 0.6) is 0 Å². The topological polar surface area (TPSA) is 79.3 Å². The van der Waals surface area contributed by atoms with E-state index in [1.54, 1.807) is 40.7 Å². The normalized spacial score (nSPS) is 12.1. The van der Waals surface area contributed by atoms with Gasteiger partial charge in [-0.3, -0.25) is 14.6 Å². The van der Waals surface area contributed by atoms with Crippen molar-refractivity contribution in [2.75, 3.05) is 0 Å². The number of aryl methyl sites for hydroxylation is 1. The van der Waals surface area contributed by atoms with E-state index in [9.17, 15) is 14.7 Å². The Morgan fingerprint density at radius 2 is 1.85 bits per heavy atom. The van der Waals surface area contributed by atoms with Crippen LogP contribution in [-0.4, -0.2) is 27.5 Å². The zero-order valence-corrected chi connectivity index (χ0v) is 13.0. The van der Waals surface area contributed by atoms with Crippen LogP contribution >= 0.6 is 11.6 Å². The molecule has 0 aliphatic heterocycles. The first kappa shape index (κ1) is 16.4. The zero-order valence-electron chi connectivity index (χ0n) is 12.2. The summed E-state index contributed by atoms with van der Waals surface area (Å²) in [6.07, 6.45) is 1.39. The minimum atomic E-state index is -1.13. The molecule has 1 amide bonds. The lowest BCUT2D eigenvalue weighted by Gasteiger charge is -2.38. The van der Waals surface area contributed by atoms with Crippen LogP contribution in [0.2, 0.25) is 5.02 Å². The number of hydrogen-bond acceptors (Lipinski definition) is 3. The van der Waals surface area contributed by atoms with E-state index in [0.717, 1.165) is 0 Å². The summed E-state index contributed by atoms with van der Waals surface area (Å²) >= 11 is 6.01. The second kappa shape index (κ2) is 5.40. The molecule has 2 N–H and O–H groups in total. The van der Waals surface area contributed by atoms with Crippen molar-refractivity contribution >= 4 is 23.5 Å². The smallest absolute Gasteiger partial charge is 0.311 e. The highest BCUT2D eigenvalue weighted by molar-refractivity contribution is 6.33. The average molecular weight is 299 g/mol. The Hall–Kier alpha value is -1.62. The summed E-state index contributed by atoms with van der Waals surface area (Å²) in [4.78, 5) is 27.6. The number of rotatable bonds is 4. The lowest BCUT2D eigenvalue weighted by Crippen LogP contribution is -2.57. The van der Waals surface area contributed by atoms with Crippen molar-refractivity contribution in [3.8, 4) is 0 Å². The molecule has 1 rings (SSSR count). The van der Waals surface area contributed by atoms with Crippen LogP contribution in [0.15, 0.2) is 12.3 Å². The first-order valence-electron chi connectivity index (χ1n) is 6.17. The molecule has 0 aromatic carbocycles. The number of carbonyl (C=O) groups is 2. The Morgan fingerprint density at radius 1 is 1.30 bits per heavy atom. The van der Waals surface area contributed by atoms with E-state index in [0.29, 0.717) is 10.7 Å². The van der Waals surface area contributed by atoms with Crippen molar-refractivity contribution in [2.24, 2.45) is 5.41 Å². The van der Waals surface area contributed by atoms with Crippen LogP contribution in [0.25, 0.3) is 0 Å². The Balaban J connectivity index is 3.03. The van der Waals surface area contributed by atoms with Gasteiger partial charge in [0.1, 0.15) is 0 Å². The molecule has 1 aromatic heterocycles. The van der Waals surface area contributed by atoms with Gasteiger partial charge in [-0.05, 0) is 40.7 Å². The molecule has 110 valence electrons. The molecule has 20 heavy (non-hydrogen) atoms. The van der Waals surface area contributed by atoms with Crippen LogP contribution < -0.4 is 5.32 Å². The third-order valence-electron chi connectivity index (χ3n) is 3.76. The lowest BCUT2D eigenvalue weighted by molar-refractivity contribution is -0.150. The number of carboxylic acids is 1. The fourth-order valence-electron chi connectivity index (χ4n) is 1.47. The molecule has 0 atom stereocenters. The number of halogens is 1. The maximum absolute atomic E-state index is 12.2. The second-order valence-electron chi connectivity index (χ2n) is 5.81. The molecule has 0 unspecified atom stereocenters. The van der Waals surface area contributed by atoms with Gasteiger partial charge in [0.05, 0.1) is 21.5 Å². The molecule has 1 heterocycles. The van der Waals surface area contributed by atoms with Gasteiger partial charge in [-0.1, -0.05) is 11.6 Å². The number of aromatic nitrogens is 1. The highest BCUT2D eigenvalue weighted by Crippen LogP contribution is 2.31. The number of nitrogens with zero attached hydrogens (tertiary/aromatic N) is 1. The van der Waals surface area contributed by atoms with E-state index in [1.807, 2.05) is 0 Å². The van der Waals surface area contributed by atoms with Crippen molar-refractivity contribution in [1.82, 2.24) is 10.3 Å². The monoisotopic (exact) mass is 298 g/mol. The fraction of sp³-hybridized carbons (Fsp3) is 0.500. The maximum atomic E-state index is 12.2. The Kier molecular flexibility index (Phi) is 4.44. The molecule has 0 aliphatic carbocycles. The fourth-order valence-corrected chi connectivity index (χ4v) is 1.76. The summed E-state index contributed by atoms with van der Waals surface area (Å²) < 4.78 is 0. The third-order valence-corrected chi connectivity index (χ3v) is 4.07. The molecule has 0 bridgehead atoms. The van der Waals surface area contributed by atoms with Gasteiger partial charge in [0.15, 0.2) is 0 Å². The molecule has 0 saturated heterocycles. The quantitative estimate of drug-likeness (QED) is 0.895. The van der Waals surface area contributed by atoms with Gasteiger partial charge in [0.2, 0.25) is 0 Å². The van der Waals surface area contributed by atoms with Crippen LogP contribution in [0.3, 0.4) is 0 Å². The number of amides is 1. The lowest BCUT2D eigenvalue weighted by atomic mass is 9.74. The van der Waals surface area contributed by atoms with Gasteiger partial charge in [-0.25, -0.2) is 0 Å². The Bertz CT molecular complexity index is 553. The molecule has 0 radical (unpaired) electrons. The van der Waals surface area contributed by atoms with Gasteiger partial charge in [-0.2, -0.15) is 0 Å². The number of hydrogen-bond donors (Lipinski definition) is 2. The minimum Gasteiger partial charge on any atom is -0.481 e. The second-order valence-corrected chi connectivity index (χ2v) is 6.22. The first-order chi connectivity index (χ1) is 8.99. The predicted octanol–water partition coefficient (Wildman–Crippen LogP) is 2.66. The summed E-state index contributed by atoms with van der Waals surface area (Å²) in [5.74, 6) is -1.43. The van der Waals surface area contributed by atoms with Crippen LogP contribution in [0.4, 0.5) is 0 Å². The van der Waals surface area contributed by atoms with Gasteiger partial charge < -0.3 is 10.4 Å². The molecule has 1 aromatic rings. The van der Waals surface area contributed by atoms with E-state index < -0.39 is 22.8 Å². The molecular formula is C14H19ClN2O3. The zero-order chi connectivity index (χ0) is 15.7. The number of aliphatic carboxylic acids is 1. The third kappa shape index (κ3) is 3.10. The SMILES string of the molecule is Cc1cc(Cl)c(C(=O)NC(C)(C)C(C)(C)C(=O)O)cn1. The first-order valence-corrected chi connectivity index (χ1v) is 6.55. The Labute approximate surface area is 123 Å². The number of pyridine rings is 1. The summed E-state index contributed by atoms with van der Waals surface area (Å²) in [6, 6.07) is 1.59. The van der Waals surface area contributed by atoms with Crippen molar-refractivity contribution < 1.29 is 14.7 Å². The summed E-state index contributed by atoms with van der Waals surface area (Å²) in [6.45, 7) is 8.21. The number of nitrogens with one attached hydrogen (secondary N) is 1. The largest absolute Gasteiger partial charge is 0.481 e. The summed E-state index contributed by atoms with van der Waals surface area (Å²) in [5.41, 5.74) is -1.15. The van der Waals surface area contributed by atoms with Gasteiger partial charge in [0.25, 0.3) is 5.91 Å². The number of carbonyl (C=O) groups excluding carboxylic acids is 1. The van der Waals surface area contributed by atoms with Gasteiger partial charge in [-0.15, -0.1) is 0 Å². The van der Waals surface area contributed by atoms with Gasteiger partial charge in [0, 0.05) is 11.9 Å². The molecule has 0 fully saturated rings. The molecule has 0 aliphatic rings. The predicted molar refractivity (Wildman–Crippen MR) is 76.9 cm³/mol. The highest BCUT2D eigenvalue weighted by Gasteiger charge is 2.44.